The van der Waals surface area contributed by atoms with Crippen LogP contribution in [0.2, 0.25) is 0 Å². The van der Waals surface area contributed by atoms with E-state index >= 15 is 0 Å². The first-order valence-electron chi connectivity index (χ1n) is 5.91. The maximum absolute atomic E-state index is 11.5. The number of ether oxygens (including phenoxy) is 1. The minimum Gasteiger partial charge on any atom is -0.496 e. The van der Waals surface area contributed by atoms with Gasteiger partial charge < -0.3 is 20.3 Å². The lowest BCUT2D eigenvalue weighted by Gasteiger charge is -2.17. The summed E-state index contributed by atoms with van der Waals surface area (Å²) in [5, 5.41) is 20.5. The molecule has 0 fully saturated rings. The van der Waals surface area contributed by atoms with Crippen LogP contribution in [-0.2, 0) is 9.59 Å². The van der Waals surface area contributed by atoms with Crippen LogP contribution in [0.5, 0.6) is 5.75 Å². The molecule has 0 saturated carbocycles. The van der Waals surface area contributed by atoms with Gasteiger partial charge in [-0.3, -0.25) is 4.79 Å². The van der Waals surface area contributed by atoms with E-state index in [1.807, 2.05) is 0 Å². The Bertz CT molecular complexity index is 522. The molecule has 0 saturated heterocycles. The van der Waals surface area contributed by atoms with Gasteiger partial charge in [0.1, 0.15) is 5.75 Å². The summed E-state index contributed by atoms with van der Waals surface area (Å²) in [7, 11) is 1.52. The first-order valence-corrected chi connectivity index (χ1v) is 5.91. The molecule has 1 aromatic carbocycles. The van der Waals surface area contributed by atoms with Gasteiger partial charge in [-0.2, -0.15) is 0 Å². The van der Waals surface area contributed by atoms with Crippen LogP contribution >= 0.6 is 0 Å². The van der Waals surface area contributed by atoms with Crippen molar-refractivity contribution in [3.05, 3.63) is 35.9 Å². The van der Waals surface area contributed by atoms with Crippen molar-refractivity contribution in [3.63, 3.8) is 0 Å². The second-order valence-electron chi connectivity index (χ2n) is 4.37. The number of benzene rings is 1. The third-order valence-electron chi connectivity index (χ3n) is 2.62. The highest BCUT2D eigenvalue weighted by Crippen LogP contribution is 2.18. The summed E-state index contributed by atoms with van der Waals surface area (Å²) in [4.78, 5) is 22.2. The molecule has 1 rings (SSSR count). The number of carboxylic acids is 1. The smallest absolute Gasteiger partial charge is 0.337 e. The fourth-order valence-electron chi connectivity index (χ4n) is 1.36. The molecule has 20 heavy (non-hydrogen) atoms. The predicted octanol–water partition coefficient (Wildman–Crippen LogP) is 0.660. The fraction of sp³-hybridized carbons (Fsp3) is 0.286. The highest BCUT2D eigenvalue weighted by atomic mass is 16.5. The van der Waals surface area contributed by atoms with Gasteiger partial charge in [-0.15, -0.1) is 0 Å². The second kappa shape index (κ2) is 6.72. The first kappa shape index (κ1) is 15.7. The van der Waals surface area contributed by atoms with E-state index in [0.29, 0.717) is 5.75 Å². The molecule has 1 aromatic rings. The Kier molecular flexibility index (Phi) is 5.28. The summed E-state index contributed by atoms with van der Waals surface area (Å²) in [5.41, 5.74) is -1.27. The van der Waals surface area contributed by atoms with E-state index in [0.717, 1.165) is 12.5 Å². The van der Waals surface area contributed by atoms with Crippen molar-refractivity contribution in [1.82, 2.24) is 5.32 Å². The summed E-state index contributed by atoms with van der Waals surface area (Å²) in [6, 6.07) is 7.14. The zero-order valence-corrected chi connectivity index (χ0v) is 11.3. The van der Waals surface area contributed by atoms with Crippen LogP contribution in [0.4, 0.5) is 0 Å². The Morgan fingerprint density at radius 3 is 2.65 bits per heavy atom. The van der Waals surface area contributed by atoms with Gasteiger partial charge in [0.25, 0.3) is 0 Å². The third-order valence-corrected chi connectivity index (χ3v) is 2.62. The lowest BCUT2D eigenvalue weighted by atomic mass is 10.1. The van der Waals surface area contributed by atoms with E-state index in [9.17, 15) is 14.7 Å². The molecule has 1 atom stereocenters. The number of rotatable bonds is 6. The van der Waals surface area contributed by atoms with Crippen molar-refractivity contribution < 1.29 is 24.5 Å². The maximum Gasteiger partial charge on any atom is 0.337 e. The third kappa shape index (κ3) is 4.40. The largest absolute Gasteiger partial charge is 0.496 e. The van der Waals surface area contributed by atoms with Gasteiger partial charge in [0.2, 0.25) is 5.91 Å². The quantitative estimate of drug-likeness (QED) is 0.665. The Labute approximate surface area is 116 Å². The van der Waals surface area contributed by atoms with Crippen LogP contribution < -0.4 is 10.1 Å². The van der Waals surface area contributed by atoms with E-state index < -0.39 is 17.5 Å². The zero-order chi connectivity index (χ0) is 15.2. The number of hydrogen-bond acceptors (Lipinski definition) is 4. The van der Waals surface area contributed by atoms with Crippen LogP contribution in [0.15, 0.2) is 30.3 Å². The number of hydrogen-bond donors (Lipinski definition) is 3. The number of aliphatic hydroxyl groups is 1. The molecule has 0 spiro atoms. The van der Waals surface area contributed by atoms with Gasteiger partial charge in [0, 0.05) is 11.6 Å². The molecule has 6 nitrogen and oxygen atoms in total. The molecular weight excluding hydrogens is 262 g/mol. The molecular formula is C14H17NO5. The molecule has 0 aliphatic carbocycles. The minimum absolute atomic E-state index is 0.378. The van der Waals surface area contributed by atoms with Crippen molar-refractivity contribution in [2.24, 2.45) is 0 Å². The Hall–Kier alpha value is -2.34. The summed E-state index contributed by atoms with van der Waals surface area (Å²) in [5.74, 6) is -1.28. The normalized spacial score (nSPS) is 13.8. The summed E-state index contributed by atoms with van der Waals surface area (Å²) < 4.78 is 5.12. The van der Waals surface area contributed by atoms with E-state index in [1.165, 1.54) is 13.2 Å². The van der Waals surface area contributed by atoms with Gasteiger partial charge in [-0.05, 0) is 19.1 Å². The Morgan fingerprint density at radius 1 is 1.40 bits per heavy atom. The summed E-state index contributed by atoms with van der Waals surface area (Å²) in [6.45, 7) is 0.733. The highest BCUT2D eigenvalue weighted by molar-refractivity contribution is 5.92. The van der Waals surface area contributed by atoms with Crippen LogP contribution in [0.1, 0.15) is 12.5 Å². The maximum atomic E-state index is 11.5. The number of carbonyl (C=O) groups excluding carboxylic acids is 1. The predicted molar refractivity (Wildman–Crippen MR) is 73.3 cm³/mol. The molecule has 0 bridgehead atoms. The zero-order valence-electron chi connectivity index (χ0n) is 11.3. The molecule has 3 N–H and O–H groups in total. The Morgan fingerprint density at radius 2 is 2.05 bits per heavy atom. The average Bonchev–Trinajstić information content (AvgIpc) is 2.43. The van der Waals surface area contributed by atoms with Crippen LogP contribution in [0.25, 0.3) is 6.08 Å². The standard InChI is InChI=1S/C14H17NO5/c1-14(19,13(17)18)9-15-12(16)8-7-10-5-3-4-6-11(10)20-2/h3-8,19H,9H2,1-2H3,(H,15,16)(H,17,18). The molecule has 0 aliphatic heterocycles. The molecule has 108 valence electrons. The number of para-hydroxylation sites is 1. The van der Waals surface area contributed by atoms with E-state index in [-0.39, 0.29) is 6.54 Å². The van der Waals surface area contributed by atoms with E-state index in [2.05, 4.69) is 5.32 Å². The SMILES string of the molecule is COc1ccccc1C=CC(=O)NCC(C)(O)C(=O)O. The van der Waals surface area contributed by atoms with Gasteiger partial charge in [0.05, 0.1) is 13.7 Å². The number of aliphatic carboxylic acids is 1. The van der Waals surface area contributed by atoms with E-state index in [4.69, 9.17) is 9.84 Å². The van der Waals surface area contributed by atoms with E-state index in [1.54, 1.807) is 30.3 Å². The molecule has 0 heterocycles. The molecule has 0 aromatic heterocycles. The molecule has 0 radical (unpaired) electrons. The fourth-order valence-corrected chi connectivity index (χ4v) is 1.36. The lowest BCUT2D eigenvalue weighted by Crippen LogP contribution is -2.46. The highest BCUT2D eigenvalue weighted by Gasteiger charge is 2.29. The second-order valence-corrected chi connectivity index (χ2v) is 4.37. The van der Waals surface area contributed by atoms with Crippen LogP contribution in [-0.4, -0.2) is 41.3 Å². The molecule has 6 heteroatoms. The first-order chi connectivity index (χ1) is 9.36. The van der Waals surface area contributed by atoms with Gasteiger partial charge in [-0.1, -0.05) is 18.2 Å². The van der Waals surface area contributed by atoms with Crippen LogP contribution in [0.3, 0.4) is 0 Å². The Balaban J connectivity index is 2.63. The number of carbonyl (C=O) groups is 2. The van der Waals surface area contributed by atoms with Crippen molar-refractivity contribution in [2.75, 3.05) is 13.7 Å². The monoisotopic (exact) mass is 279 g/mol. The number of carboxylic acid groups (broad SMARTS) is 1. The van der Waals surface area contributed by atoms with Gasteiger partial charge in [0.15, 0.2) is 5.60 Å². The average molecular weight is 279 g/mol. The number of methoxy groups -OCH3 is 1. The summed E-state index contributed by atoms with van der Waals surface area (Å²) >= 11 is 0. The topological polar surface area (TPSA) is 95.9 Å². The molecule has 1 amide bonds. The van der Waals surface area contributed by atoms with Crippen molar-refractivity contribution >= 4 is 18.0 Å². The molecule has 0 aliphatic rings. The lowest BCUT2D eigenvalue weighted by molar-refractivity contribution is -0.156. The van der Waals surface area contributed by atoms with Crippen molar-refractivity contribution in [1.29, 1.82) is 0 Å². The van der Waals surface area contributed by atoms with Crippen molar-refractivity contribution in [3.8, 4) is 5.75 Å². The van der Waals surface area contributed by atoms with Gasteiger partial charge in [-0.25, -0.2) is 4.79 Å². The van der Waals surface area contributed by atoms with Crippen LogP contribution in [0, 0.1) is 0 Å². The molecule has 1 unspecified atom stereocenters. The number of nitrogens with one attached hydrogen (secondary N) is 1. The van der Waals surface area contributed by atoms with Gasteiger partial charge >= 0.3 is 5.97 Å². The minimum atomic E-state index is -1.99. The number of amides is 1. The summed E-state index contributed by atoms with van der Waals surface area (Å²) in [6.07, 6.45) is 2.79. The van der Waals surface area contributed by atoms with Crippen molar-refractivity contribution in [2.45, 2.75) is 12.5 Å².